The first-order valence-electron chi connectivity index (χ1n) is 6.10. The zero-order valence-electron chi connectivity index (χ0n) is 10.6. The third-order valence-electron chi connectivity index (χ3n) is 3.30. The lowest BCUT2D eigenvalue weighted by Crippen LogP contribution is -2.31. The predicted octanol–water partition coefficient (Wildman–Crippen LogP) is 3.00. The van der Waals surface area contributed by atoms with E-state index in [1.165, 1.54) is 5.56 Å². The molecular formula is C14H23NO. The van der Waals surface area contributed by atoms with Crippen LogP contribution >= 0.6 is 0 Å². The molecule has 0 fully saturated rings. The Morgan fingerprint density at radius 2 is 1.81 bits per heavy atom. The number of hydrogen-bond donors (Lipinski definition) is 1. The van der Waals surface area contributed by atoms with Gasteiger partial charge in [-0.1, -0.05) is 44.9 Å². The highest BCUT2D eigenvalue weighted by molar-refractivity contribution is 5.33. The highest BCUT2D eigenvalue weighted by atomic mass is 16.5. The van der Waals surface area contributed by atoms with Crippen LogP contribution in [0.15, 0.2) is 24.3 Å². The normalized spacial score (nSPS) is 12.8. The molecule has 0 heterocycles. The van der Waals surface area contributed by atoms with Crippen LogP contribution in [0.25, 0.3) is 0 Å². The molecule has 0 amide bonds. The summed E-state index contributed by atoms with van der Waals surface area (Å²) in [6.07, 6.45) is 3.19. The first-order chi connectivity index (χ1) is 7.72. The lowest BCUT2D eigenvalue weighted by atomic mass is 9.90. The molecule has 0 saturated carbocycles. The van der Waals surface area contributed by atoms with Gasteiger partial charge in [0.25, 0.3) is 0 Å². The second-order valence-corrected chi connectivity index (χ2v) is 4.26. The molecule has 2 heteroatoms. The van der Waals surface area contributed by atoms with Crippen LogP contribution in [-0.4, -0.2) is 13.2 Å². The van der Waals surface area contributed by atoms with Crippen LogP contribution < -0.4 is 10.5 Å². The van der Waals surface area contributed by atoms with Crippen LogP contribution in [0.2, 0.25) is 0 Å². The standard InChI is InChI=1S/C14H23NO/c1-4-11(5-2)13(15)10-12-8-6-7-9-14(12)16-3/h6-9,11,13H,4-5,10,15H2,1-3H3. The third kappa shape index (κ3) is 3.24. The predicted molar refractivity (Wildman–Crippen MR) is 68.7 cm³/mol. The molecule has 1 aromatic carbocycles. The molecule has 0 aliphatic heterocycles. The Morgan fingerprint density at radius 1 is 1.19 bits per heavy atom. The summed E-state index contributed by atoms with van der Waals surface area (Å²) < 4.78 is 5.34. The molecule has 90 valence electrons. The quantitative estimate of drug-likeness (QED) is 0.801. The van der Waals surface area contributed by atoms with Crippen molar-refractivity contribution in [3.63, 3.8) is 0 Å². The van der Waals surface area contributed by atoms with Crippen molar-refractivity contribution in [2.45, 2.75) is 39.2 Å². The van der Waals surface area contributed by atoms with Crippen molar-refractivity contribution in [2.24, 2.45) is 11.7 Å². The maximum absolute atomic E-state index is 6.24. The largest absolute Gasteiger partial charge is 0.496 e. The van der Waals surface area contributed by atoms with Gasteiger partial charge in [0.15, 0.2) is 0 Å². The van der Waals surface area contributed by atoms with Gasteiger partial charge in [-0.2, -0.15) is 0 Å². The van der Waals surface area contributed by atoms with Crippen molar-refractivity contribution in [1.82, 2.24) is 0 Å². The molecule has 0 spiro atoms. The molecule has 0 bridgehead atoms. The van der Waals surface area contributed by atoms with Crippen molar-refractivity contribution in [1.29, 1.82) is 0 Å². The molecule has 2 N–H and O–H groups in total. The number of hydrogen-bond acceptors (Lipinski definition) is 2. The fourth-order valence-corrected chi connectivity index (χ4v) is 2.19. The van der Waals surface area contributed by atoms with Crippen LogP contribution in [0.1, 0.15) is 32.3 Å². The molecule has 2 nitrogen and oxygen atoms in total. The van der Waals surface area contributed by atoms with Gasteiger partial charge in [-0.15, -0.1) is 0 Å². The highest BCUT2D eigenvalue weighted by Crippen LogP contribution is 2.22. The van der Waals surface area contributed by atoms with E-state index in [9.17, 15) is 0 Å². The van der Waals surface area contributed by atoms with Gasteiger partial charge >= 0.3 is 0 Å². The van der Waals surface area contributed by atoms with E-state index in [-0.39, 0.29) is 6.04 Å². The van der Waals surface area contributed by atoms with E-state index < -0.39 is 0 Å². The van der Waals surface area contributed by atoms with Crippen molar-refractivity contribution in [3.8, 4) is 5.75 Å². The van der Waals surface area contributed by atoms with E-state index in [4.69, 9.17) is 10.5 Å². The minimum atomic E-state index is 0.228. The minimum absolute atomic E-state index is 0.228. The SMILES string of the molecule is CCC(CC)C(N)Cc1ccccc1OC. The van der Waals surface area contributed by atoms with Gasteiger partial charge in [0.1, 0.15) is 5.75 Å². The molecule has 1 atom stereocenters. The number of nitrogens with two attached hydrogens (primary N) is 1. The maximum atomic E-state index is 6.24. The fourth-order valence-electron chi connectivity index (χ4n) is 2.19. The van der Waals surface area contributed by atoms with Gasteiger partial charge in [-0.3, -0.25) is 0 Å². The van der Waals surface area contributed by atoms with Crippen molar-refractivity contribution < 1.29 is 4.74 Å². The van der Waals surface area contributed by atoms with Gasteiger partial charge in [-0.05, 0) is 24.0 Å². The molecule has 0 aliphatic rings. The first kappa shape index (κ1) is 13.0. The van der Waals surface area contributed by atoms with Crippen molar-refractivity contribution >= 4 is 0 Å². The van der Waals surface area contributed by atoms with E-state index in [0.29, 0.717) is 5.92 Å². The van der Waals surface area contributed by atoms with E-state index in [1.54, 1.807) is 7.11 Å². The highest BCUT2D eigenvalue weighted by Gasteiger charge is 2.15. The molecule has 0 saturated heterocycles. The second kappa shape index (κ2) is 6.54. The van der Waals surface area contributed by atoms with Crippen LogP contribution in [0.5, 0.6) is 5.75 Å². The number of para-hydroxylation sites is 1. The smallest absolute Gasteiger partial charge is 0.122 e. The topological polar surface area (TPSA) is 35.2 Å². The van der Waals surface area contributed by atoms with Crippen molar-refractivity contribution in [3.05, 3.63) is 29.8 Å². The van der Waals surface area contributed by atoms with Crippen LogP contribution in [0, 0.1) is 5.92 Å². The van der Waals surface area contributed by atoms with Gasteiger partial charge in [0, 0.05) is 6.04 Å². The van der Waals surface area contributed by atoms with E-state index in [1.807, 2.05) is 18.2 Å². The van der Waals surface area contributed by atoms with E-state index in [2.05, 4.69) is 19.9 Å². The fraction of sp³-hybridized carbons (Fsp3) is 0.571. The Morgan fingerprint density at radius 3 is 2.38 bits per heavy atom. The molecule has 1 unspecified atom stereocenters. The summed E-state index contributed by atoms with van der Waals surface area (Å²) in [6.45, 7) is 4.41. The number of rotatable bonds is 6. The van der Waals surface area contributed by atoms with E-state index in [0.717, 1.165) is 25.0 Å². The summed E-state index contributed by atoms with van der Waals surface area (Å²) >= 11 is 0. The number of ether oxygens (including phenoxy) is 1. The Labute approximate surface area is 98.8 Å². The zero-order chi connectivity index (χ0) is 12.0. The number of methoxy groups -OCH3 is 1. The Kier molecular flexibility index (Phi) is 5.33. The minimum Gasteiger partial charge on any atom is -0.496 e. The lowest BCUT2D eigenvalue weighted by Gasteiger charge is -2.22. The average Bonchev–Trinajstić information content (AvgIpc) is 2.31. The van der Waals surface area contributed by atoms with Gasteiger partial charge in [-0.25, -0.2) is 0 Å². The summed E-state index contributed by atoms with van der Waals surface area (Å²) in [4.78, 5) is 0. The summed E-state index contributed by atoms with van der Waals surface area (Å²) in [5.74, 6) is 1.55. The molecule has 0 aromatic heterocycles. The first-order valence-corrected chi connectivity index (χ1v) is 6.10. The Bertz CT molecular complexity index is 307. The summed E-state index contributed by atoms with van der Waals surface area (Å²) in [5, 5.41) is 0. The maximum Gasteiger partial charge on any atom is 0.122 e. The zero-order valence-corrected chi connectivity index (χ0v) is 10.6. The lowest BCUT2D eigenvalue weighted by molar-refractivity contribution is 0.378. The molecular weight excluding hydrogens is 198 g/mol. The van der Waals surface area contributed by atoms with Gasteiger partial charge in [0.2, 0.25) is 0 Å². The number of benzene rings is 1. The summed E-state index contributed by atoms with van der Waals surface area (Å²) in [7, 11) is 1.71. The monoisotopic (exact) mass is 221 g/mol. The second-order valence-electron chi connectivity index (χ2n) is 4.26. The molecule has 16 heavy (non-hydrogen) atoms. The van der Waals surface area contributed by atoms with Crippen LogP contribution in [0.3, 0.4) is 0 Å². The third-order valence-corrected chi connectivity index (χ3v) is 3.30. The Hall–Kier alpha value is -1.02. The van der Waals surface area contributed by atoms with Gasteiger partial charge in [0.05, 0.1) is 7.11 Å². The molecule has 0 radical (unpaired) electrons. The molecule has 0 aliphatic carbocycles. The van der Waals surface area contributed by atoms with Gasteiger partial charge < -0.3 is 10.5 Å². The average molecular weight is 221 g/mol. The summed E-state index contributed by atoms with van der Waals surface area (Å²) in [5.41, 5.74) is 7.45. The van der Waals surface area contributed by atoms with Crippen LogP contribution in [-0.2, 0) is 6.42 Å². The van der Waals surface area contributed by atoms with Crippen LogP contribution in [0.4, 0.5) is 0 Å². The summed E-state index contributed by atoms with van der Waals surface area (Å²) in [6, 6.07) is 8.35. The molecule has 1 aromatic rings. The Balaban J connectivity index is 2.71. The van der Waals surface area contributed by atoms with E-state index >= 15 is 0 Å². The van der Waals surface area contributed by atoms with Crippen molar-refractivity contribution in [2.75, 3.05) is 7.11 Å². The molecule has 1 rings (SSSR count).